The van der Waals surface area contributed by atoms with E-state index < -0.39 is 10.0 Å². The summed E-state index contributed by atoms with van der Waals surface area (Å²) < 4.78 is 33.9. The van der Waals surface area contributed by atoms with Crippen molar-refractivity contribution in [2.75, 3.05) is 0 Å². The van der Waals surface area contributed by atoms with Crippen LogP contribution in [0.15, 0.2) is 51.9 Å². The Morgan fingerprint density at radius 3 is 2.64 bits per heavy atom. The molecule has 0 aliphatic carbocycles. The summed E-state index contributed by atoms with van der Waals surface area (Å²) in [6.45, 7) is -0.0649. The Kier molecular flexibility index (Phi) is 4.96. The minimum atomic E-state index is -3.92. The molecule has 130 valence electrons. The lowest BCUT2D eigenvalue weighted by atomic mass is 10.2. The SMILES string of the molecule is NS(=O)(=O)c1ccccc1-c1noc(COc2cccc(Cl)c2Cl)n1. The standard InChI is InChI=1S/C15H11Cl2N3O4S/c16-10-5-3-6-11(14(10)17)23-8-13-19-15(20-24-13)9-4-1-2-7-12(9)25(18,21)22/h1-7H,8H2,(H2,18,21,22). The maximum absolute atomic E-state index is 11.7. The number of aromatic nitrogens is 2. The van der Waals surface area contributed by atoms with Crippen LogP contribution in [0.4, 0.5) is 0 Å². The van der Waals surface area contributed by atoms with Gasteiger partial charge < -0.3 is 9.26 Å². The first-order chi connectivity index (χ1) is 11.9. The van der Waals surface area contributed by atoms with Crippen LogP contribution in [0, 0.1) is 0 Å². The molecular formula is C15H11Cl2N3O4S. The average molecular weight is 400 g/mol. The van der Waals surface area contributed by atoms with E-state index in [4.69, 9.17) is 37.6 Å². The van der Waals surface area contributed by atoms with Crippen molar-refractivity contribution in [2.24, 2.45) is 5.14 Å². The molecule has 25 heavy (non-hydrogen) atoms. The number of halogens is 2. The molecule has 1 heterocycles. The lowest BCUT2D eigenvalue weighted by Gasteiger charge is -2.06. The molecule has 0 aliphatic heterocycles. The van der Waals surface area contributed by atoms with Crippen LogP contribution in [-0.4, -0.2) is 18.6 Å². The highest BCUT2D eigenvalue weighted by atomic mass is 35.5. The summed E-state index contributed by atoms with van der Waals surface area (Å²) in [5, 5.41) is 9.59. The number of nitrogens with zero attached hydrogens (tertiary/aromatic N) is 2. The van der Waals surface area contributed by atoms with Crippen molar-refractivity contribution in [1.29, 1.82) is 0 Å². The molecule has 0 radical (unpaired) electrons. The second kappa shape index (κ2) is 7.01. The fraction of sp³-hybridized carbons (Fsp3) is 0.0667. The van der Waals surface area contributed by atoms with Crippen molar-refractivity contribution < 1.29 is 17.7 Å². The largest absolute Gasteiger partial charge is 0.482 e. The molecule has 0 spiro atoms. The molecule has 2 N–H and O–H groups in total. The number of hydrogen-bond acceptors (Lipinski definition) is 6. The second-order valence-corrected chi connectivity index (χ2v) is 7.21. The molecule has 1 aromatic heterocycles. The van der Waals surface area contributed by atoms with E-state index in [2.05, 4.69) is 10.1 Å². The van der Waals surface area contributed by atoms with Crippen molar-refractivity contribution in [3.05, 3.63) is 58.4 Å². The van der Waals surface area contributed by atoms with Crippen LogP contribution < -0.4 is 9.88 Å². The van der Waals surface area contributed by atoms with Crippen LogP contribution in [0.5, 0.6) is 5.75 Å². The van der Waals surface area contributed by atoms with Crippen molar-refractivity contribution in [1.82, 2.24) is 10.1 Å². The molecule has 0 aliphatic rings. The topological polar surface area (TPSA) is 108 Å². The third-order valence-corrected chi connectivity index (χ3v) is 4.94. The van der Waals surface area contributed by atoms with Gasteiger partial charge in [-0.2, -0.15) is 4.98 Å². The van der Waals surface area contributed by atoms with Gasteiger partial charge in [-0.25, -0.2) is 13.6 Å². The summed E-state index contributed by atoms with van der Waals surface area (Å²) in [5.74, 6) is 0.578. The van der Waals surface area contributed by atoms with E-state index in [9.17, 15) is 8.42 Å². The van der Waals surface area contributed by atoms with Gasteiger partial charge in [0.1, 0.15) is 10.8 Å². The van der Waals surface area contributed by atoms with Crippen LogP contribution in [0.3, 0.4) is 0 Å². The van der Waals surface area contributed by atoms with Crippen LogP contribution in [0.2, 0.25) is 10.0 Å². The molecular weight excluding hydrogens is 389 g/mol. The van der Waals surface area contributed by atoms with Gasteiger partial charge in [0.15, 0.2) is 6.61 Å². The first-order valence-corrected chi connectivity index (χ1v) is 9.18. The smallest absolute Gasteiger partial charge is 0.264 e. The van der Waals surface area contributed by atoms with Crippen LogP contribution in [0.1, 0.15) is 5.89 Å². The first-order valence-electron chi connectivity index (χ1n) is 6.88. The fourth-order valence-electron chi connectivity index (χ4n) is 2.06. The van der Waals surface area contributed by atoms with E-state index in [0.717, 1.165) is 0 Å². The highest BCUT2D eigenvalue weighted by Gasteiger charge is 2.19. The number of ether oxygens (including phenoxy) is 1. The molecule has 0 unspecified atom stereocenters. The number of sulfonamides is 1. The van der Waals surface area contributed by atoms with Crippen molar-refractivity contribution >= 4 is 33.2 Å². The highest BCUT2D eigenvalue weighted by Crippen LogP contribution is 2.32. The first kappa shape index (κ1) is 17.7. The van der Waals surface area contributed by atoms with Gasteiger partial charge in [0.2, 0.25) is 15.8 Å². The van der Waals surface area contributed by atoms with Gasteiger partial charge in [-0.15, -0.1) is 0 Å². The zero-order chi connectivity index (χ0) is 18.0. The van der Waals surface area contributed by atoms with E-state index >= 15 is 0 Å². The lowest BCUT2D eigenvalue weighted by Crippen LogP contribution is -2.13. The molecule has 7 nitrogen and oxygen atoms in total. The summed E-state index contributed by atoms with van der Waals surface area (Å²) in [6, 6.07) is 11.0. The average Bonchev–Trinajstić information content (AvgIpc) is 3.04. The van der Waals surface area contributed by atoms with E-state index in [1.807, 2.05) is 0 Å². The fourth-order valence-corrected chi connectivity index (χ4v) is 3.14. The Hall–Kier alpha value is -2.13. The molecule has 0 fully saturated rings. The number of benzene rings is 2. The van der Waals surface area contributed by atoms with Gasteiger partial charge in [0.25, 0.3) is 5.89 Å². The quantitative estimate of drug-likeness (QED) is 0.704. The Labute approximate surface area is 153 Å². The summed E-state index contributed by atoms with van der Waals surface area (Å²) in [6.07, 6.45) is 0. The second-order valence-electron chi connectivity index (χ2n) is 4.89. The molecule has 3 rings (SSSR count). The molecule has 0 saturated heterocycles. The Balaban J connectivity index is 1.83. The van der Waals surface area contributed by atoms with Gasteiger partial charge in [-0.05, 0) is 24.3 Å². The number of hydrogen-bond donors (Lipinski definition) is 1. The summed E-state index contributed by atoms with van der Waals surface area (Å²) in [4.78, 5) is 4.03. The Morgan fingerprint density at radius 1 is 1.12 bits per heavy atom. The Bertz CT molecular complexity index is 1020. The van der Waals surface area contributed by atoms with Crippen molar-refractivity contribution in [3.63, 3.8) is 0 Å². The molecule has 2 aromatic carbocycles. The van der Waals surface area contributed by atoms with E-state index in [-0.39, 0.29) is 33.8 Å². The number of nitrogens with two attached hydrogens (primary N) is 1. The number of rotatable bonds is 5. The Morgan fingerprint density at radius 2 is 1.88 bits per heavy atom. The normalized spacial score (nSPS) is 11.5. The predicted octanol–water partition coefficient (Wildman–Crippen LogP) is 3.27. The van der Waals surface area contributed by atoms with Crippen molar-refractivity contribution in [2.45, 2.75) is 11.5 Å². The maximum atomic E-state index is 11.7. The highest BCUT2D eigenvalue weighted by molar-refractivity contribution is 7.89. The van der Waals surface area contributed by atoms with Gasteiger partial charge in [-0.1, -0.05) is 46.6 Å². The van der Waals surface area contributed by atoms with Crippen LogP contribution in [0.25, 0.3) is 11.4 Å². The third kappa shape index (κ3) is 3.93. The molecule has 0 saturated carbocycles. The van der Waals surface area contributed by atoms with E-state index in [1.165, 1.54) is 12.1 Å². The van der Waals surface area contributed by atoms with Gasteiger partial charge in [0, 0.05) is 5.56 Å². The minimum Gasteiger partial charge on any atom is -0.482 e. The molecule has 0 atom stereocenters. The minimum absolute atomic E-state index is 0.0649. The summed E-state index contributed by atoms with van der Waals surface area (Å²) >= 11 is 11.9. The van der Waals surface area contributed by atoms with Gasteiger partial charge >= 0.3 is 0 Å². The lowest BCUT2D eigenvalue weighted by molar-refractivity contribution is 0.243. The molecule has 0 bridgehead atoms. The van der Waals surface area contributed by atoms with Crippen molar-refractivity contribution in [3.8, 4) is 17.1 Å². The van der Waals surface area contributed by atoms with Gasteiger partial charge in [-0.3, -0.25) is 0 Å². The molecule has 3 aromatic rings. The monoisotopic (exact) mass is 399 g/mol. The van der Waals surface area contributed by atoms with Gasteiger partial charge in [0.05, 0.1) is 9.92 Å². The summed E-state index contributed by atoms with van der Waals surface area (Å²) in [5.41, 5.74) is 0.237. The zero-order valence-electron chi connectivity index (χ0n) is 12.5. The van der Waals surface area contributed by atoms with E-state index in [1.54, 1.807) is 30.3 Å². The molecule has 10 heteroatoms. The van der Waals surface area contributed by atoms with Crippen LogP contribution >= 0.6 is 23.2 Å². The van der Waals surface area contributed by atoms with Crippen LogP contribution in [-0.2, 0) is 16.6 Å². The zero-order valence-corrected chi connectivity index (χ0v) is 14.8. The van der Waals surface area contributed by atoms with E-state index in [0.29, 0.717) is 10.8 Å². The number of primary sulfonamides is 1. The summed E-state index contributed by atoms with van der Waals surface area (Å²) in [7, 11) is -3.92. The third-order valence-electron chi connectivity index (χ3n) is 3.17. The predicted molar refractivity (Wildman–Crippen MR) is 91.9 cm³/mol. The maximum Gasteiger partial charge on any atom is 0.264 e. The molecule has 0 amide bonds.